The van der Waals surface area contributed by atoms with Crippen molar-refractivity contribution in [2.45, 2.75) is 75.4 Å². The number of hydrogen-bond acceptors (Lipinski definition) is 5. The molecule has 1 fully saturated rings. The molecule has 42 heavy (non-hydrogen) atoms. The smallest absolute Gasteiger partial charge is 0.122 e. The van der Waals surface area contributed by atoms with E-state index >= 15 is 0 Å². The maximum atomic E-state index is 12.8. The number of rotatable bonds is 12. The maximum absolute atomic E-state index is 12.8. The molecule has 0 heterocycles. The first-order valence-corrected chi connectivity index (χ1v) is 17.9. The predicted molar refractivity (Wildman–Crippen MR) is 169 cm³/mol. The van der Waals surface area contributed by atoms with E-state index in [0.29, 0.717) is 12.7 Å². The van der Waals surface area contributed by atoms with Gasteiger partial charge in [-0.15, -0.1) is 0 Å². The van der Waals surface area contributed by atoms with E-state index in [9.17, 15) is 10.2 Å². The molecule has 0 spiro atoms. The van der Waals surface area contributed by atoms with Crippen molar-refractivity contribution in [1.82, 2.24) is 0 Å². The van der Waals surface area contributed by atoms with Gasteiger partial charge in [0, 0.05) is 0 Å². The van der Waals surface area contributed by atoms with E-state index in [2.05, 4.69) is 25.2 Å². The molecule has 5 rings (SSSR count). The van der Waals surface area contributed by atoms with Crippen molar-refractivity contribution in [3.63, 3.8) is 0 Å². The Morgan fingerprint density at radius 3 is 1.40 bits per heavy atom. The zero-order valence-corrected chi connectivity index (χ0v) is 25.7. The first-order valence-electron chi connectivity index (χ1n) is 14.7. The van der Waals surface area contributed by atoms with Crippen molar-refractivity contribution in [1.29, 1.82) is 0 Å². The molecule has 0 aromatic heterocycles. The van der Waals surface area contributed by atoms with Gasteiger partial charge in [0.15, 0.2) is 0 Å². The largest absolute Gasteiger partial charge is 0.384 e. The summed E-state index contributed by atoms with van der Waals surface area (Å²) in [5.41, 5.74) is -0.351. The van der Waals surface area contributed by atoms with Crippen LogP contribution >= 0.6 is 0 Å². The maximum Gasteiger partial charge on any atom is 0.122 e. The topological polar surface area (TPSA) is 68.2 Å². The summed E-state index contributed by atoms with van der Waals surface area (Å²) in [7, 11) is -2.29. The molecule has 5 nitrogen and oxygen atoms in total. The van der Waals surface area contributed by atoms with Gasteiger partial charge in [-0.25, -0.2) is 0 Å². The molecular formula is C36H42O5Si. The summed E-state index contributed by atoms with van der Waals surface area (Å²) in [4.78, 5) is 0. The predicted octanol–water partition coefficient (Wildman–Crippen LogP) is 5.85. The van der Waals surface area contributed by atoms with E-state index in [-0.39, 0.29) is 13.2 Å². The van der Waals surface area contributed by atoms with E-state index in [1.165, 1.54) is 5.19 Å². The summed E-state index contributed by atoms with van der Waals surface area (Å²) in [6.07, 6.45) is -2.40. The van der Waals surface area contributed by atoms with Crippen LogP contribution < -0.4 is 5.19 Å². The van der Waals surface area contributed by atoms with Crippen molar-refractivity contribution in [3.05, 3.63) is 138 Å². The highest BCUT2D eigenvalue weighted by Crippen LogP contribution is 2.49. The second-order valence-electron chi connectivity index (χ2n) is 12.2. The minimum absolute atomic E-state index is 0.272. The molecule has 4 aromatic rings. The molecule has 5 atom stereocenters. The zero-order valence-electron chi connectivity index (χ0n) is 24.7. The summed E-state index contributed by atoms with van der Waals surface area (Å²) >= 11 is 0. The van der Waals surface area contributed by atoms with Gasteiger partial charge in [-0.05, 0) is 29.7 Å². The molecule has 6 heteroatoms. The first-order chi connectivity index (χ1) is 20.2. The zero-order chi connectivity index (χ0) is 29.6. The van der Waals surface area contributed by atoms with Crippen LogP contribution in [0.2, 0.25) is 19.1 Å². The highest BCUT2D eigenvalue weighted by atomic mass is 28.3. The molecule has 2 N–H and O–H groups in total. The Morgan fingerprint density at radius 1 is 0.571 bits per heavy atom. The molecule has 220 valence electrons. The van der Waals surface area contributed by atoms with Gasteiger partial charge < -0.3 is 24.4 Å². The van der Waals surface area contributed by atoms with Crippen LogP contribution in [-0.4, -0.2) is 47.8 Å². The van der Waals surface area contributed by atoms with Crippen LogP contribution in [0.25, 0.3) is 0 Å². The number of ether oxygens (including phenoxy) is 3. The van der Waals surface area contributed by atoms with Crippen molar-refractivity contribution in [3.8, 4) is 0 Å². The minimum Gasteiger partial charge on any atom is -0.384 e. The van der Waals surface area contributed by atoms with Gasteiger partial charge in [-0.3, -0.25) is 0 Å². The van der Waals surface area contributed by atoms with Crippen molar-refractivity contribution in [2.24, 2.45) is 0 Å². The highest BCUT2D eigenvalue weighted by Gasteiger charge is 2.69. The summed E-state index contributed by atoms with van der Waals surface area (Å²) < 4.78 is 19.7. The monoisotopic (exact) mass is 582 g/mol. The molecule has 1 saturated carbocycles. The van der Waals surface area contributed by atoms with E-state index in [1.54, 1.807) is 6.92 Å². The molecule has 0 unspecified atom stereocenters. The van der Waals surface area contributed by atoms with E-state index in [0.717, 1.165) is 16.7 Å². The summed E-state index contributed by atoms with van der Waals surface area (Å²) in [6.45, 7) is 6.98. The third-order valence-corrected chi connectivity index (χ3v) is 11.9. The molecule has 0 aliphatic heterocycles. The summed E-state index contributed by atoms with van der Waals surface area (Å²) in [5.74, 6) is 0. The molecular weight excluding hydrogens is 540 g/mol. The third-order valence-electron chi connectivity index (χ3n) is 8.59. The Hall–Kier alpha value is -3.10. The lowest BCUT2D eigenvalue weighted by atomic mass is 9.87. The SMILES string of the molecule is C[C@]1(O)[C@@H](OCc2ccccc2)[C@H](OCc2ccccc2)[C@@H](OCc2ccccc2)[C@]1(O)C[Si](C)(C)c1ccccc1. The van der Waals surface area contributed by atoms with Crippen LogP contribution in [0.3, 0.4) is 0 Å². The average molecular weight is 583 g/mol. The molecule has 1 aliphatic rings. The second kappa shape index (κ2) is 13.0. The van der Waals surface area contributed by atoms with Crippen LogP contribution in [-0.2, 0) is 34.0 Å². The van der Waals surface area contributed by atoms with Crippen molar-refractivity contribution >= 4 is 13.3 Å². The van der Waals surface area contributed by atoms with E-state index < -0.39 is 37.6 Å². The molecule has 0 saturated heterocycles. The van der Waals surface area contributed by atoms with Gasteiger partial charge in [0.05, 0.1) is 27.9 Å². The minimum atomic E-state index is -2.29. The molecule has 0 bridgehead atoms. The van der Waals surface area contributed by atoms with Crippen LogP contribution in [0, 0.1) is 0 Å². The Morgan fingerprint density at radius 2 is 0.952 bits per heavy atom. The van der Waals surface area contributed by atoms with Gasteiger partial charge in [0.25, 0.3) is 0 Å². The first kappa shape index (κ1) is 30.4. The lowest BCUT2D eigenvalue weighted by Gasteiger charge is -2.44. The standard InChI is InChI=1S/C36H42O5Si/c1-35(37)33(40-25-29-18-10-5-11-19-29)32(39-24-28-16-8-4-9-17-28)34(41-26-30-20-12-6-13-21-30)36(35,38)27-42(2,3)31-22-14-7-15-23-31/h4-23,32-34,37-38H,24-27H2,1-3H3/t32-,33-,34+,35-,36+/m0/s1. The van der Waals surface area contributed by atoms with Gasteiger partial charge in [-0.1, -0.05) is 140 Å². The molecule has 1 aliphatic carbocycles. The fourth-order valence-corrected chi connectivity index (χ4v) is 9.39. The lowest BCUT2D eigenvalue weighted by molar-refractivity contribution is -0.192. The van der Waals surface area contributed by atoms with E-state index in [4.69, 9.17) is 14.2 Å². The number of benzene rings is 4. The highest BCUT2D eigenvalue weighted by molar-refractivity contribution is 6.90. The third kappa shape index (κ3) is 6.60. The van der Waals surface area contributed by atoms with Gasteiger partial charge in [0.2, 0.25) is 0 Å². The van der Waals surface area contributed by atoms with Crippen LogP contribution in [0.5, 0.6) is 0 Å². The van der Waals surface area contributed by atoms with Crippen LogP contribution in [0.15, 0.2) is 121 Å². The van der Waals surface area contributed by atoms with Crippen LogP contribution in [0.1, 0.15) is 23.6 Å². The molecule has 4 aromatic carbocycles. The lowest BCUT2D eigenvalue weighted by Crippen LogP contribution is -2.63. The van der Waals surface area contributed by atoms with Gasteiger partial charge in [-0.2, -0.15) is 0 Å². The Labute approximate surface area is 250 Å². The molecule has 0 radical (unpaired) electrons. The fourth-order valence-electron chi connectivity index (χ4n) is 6.18. The Balaban J connectivity index is 1.52. The fraction of sp³-hybridized carbons (Fsp3) is 0.333. The summed E-state index contributed by atoms with van der Waals surface area (Å²) in [6, 6.07) is 40.4. The van der Waals surface area contributed by atoms with E-state index in [1.807, 2.05) is 109 Å². The Bertz CT molecular complexity index is 1380. The van der Waals surface area contributed by atoms with Crippen molar-refractivity contribution < 1.29 is 24.4 Å². The average Bonchev–Trinajstić information content (AvgIpc) is 3.16. The normalized spacial score (nSPS) is 25.9. The number of hydrogen-bond donors (Lipinski definition) is 2. The quantitative estimate of drug-likeness (QED) is 0.205. The van der Waals surface area contributed by atoms with Crippen molar-refractivity contribution in [2.75, 3.05) is 0 Å². The number of aliphatic hydroxyl groups is 2. The Kier molecular flexibility index (Phi) is 9.43. The van der Waals surface area contributed by atoms with Gasteiger partial charge in [0.1, 0.15) is 29.5 Å². The summed E-state index contributed by atoms with van der Waals surface area (Å²) in [5, 5.41) is 26.4. The van der Waals surface area contributed by atoms with Gasteiger partial charge >= 0.3 is 0 Å². The van der Waals surface area contributed by atoms with Crippen LogP contribution in [0.4, 0.5) is 0 Å². The molecule has 0 amide bonds. The second-order valence-corrected chi connectivity index (χ2v) is 16.9.